The fourth-order valence-corrected chi connectivity index (χ4v) is 6.98. The summed E-state index contributed by atoms with van der Waals surface area (Å²) in [6, 6.07) is 0. The number of hydrogen-bond donors (Lipinski definition) is 0. The van der Waals surface area contributed by atoms with E-state index >= 15 is 0 Å². The van der Waals surface area contributed by atoms with Gasteiger partial charge in [0.25, 0.3) is 0 Å². The van der Waals surface area contributed by atoms with Crippen molar-refractivity contribution in [1.29, 1.82) is 0 Å². The van der Waals surface area contributed by atoms with Crippen molar-refractivity contribution in [2.24, 2.45) is 11.8 Å². The van der Waals surface area contributed by atoms with Crippen LogP contribution >= 0.6 is 9.03 Å². The first-order valence-corrected chi connectivity index (χ1v) is 18.2. The molecule has 0 aliphatic heterocycles. The first kappa shape index (κ1) is 35.4. The van der Waals surface area contributed by atoms with Crippen LogP contribution in [0.5, 0.6) is 0 Å². The minimum atomic E-state index is 0.259. The summed E-state index contributed by atoms with van der Waals surface area (Å²) in [6.45, 7) is 7.81. The zero-order valence-electron chi connectivity index (χ0n) is 25.8. The molecule has 37 heavy (non-hydrogen) atoms. The third-order valence-corrected chi connectivity index (χ3v) is 9.50. The molecule has 0 heterocycles. The van der Waals surface area contributed by atoms with E-state index in [9.17, 15) is 0 Å². The fourth-order valence-electron chi connectivity index (χ4n) is 6.25. The third-order valence-electron chi connectivity index (χ3n) is 8.77. The molecule has 4 unspecified atom stereocenters. The van der Waals surface area contributed by atoms with Crippen molar-refractivity contribution in [3.8, 4) is 0 Å². The monoisotopic (exact) mass is 541 g/mol. The Hall–Kier alpha value is 0.350. The molecule has 0 spiro atoms. The number of hydrogen-bond acceptors (Lipinski definition) is 2. The highest BCUT2D eigenvalue weighted by Gasteiger charge is 2.30. The van der Waals surface area contributed by atoms with Gasteiger partial charge >= 0.3 is 0 Å². The SMILES string of the molecule is CCCCCCCCCCOPOC1CCC(CCCCCCCCC)CC1CCCCCCCCC. The van der Waals surface area contributed by atoms with Crippen molar-refractivity contribution in [3.63, 3.8) is 0 Å². The molecule has 1 rings (SSSR count). The molecule has 222 valence electrons. The van der Waals surface area contributed by atoms with Gasteiger partial charge < -0.3 is 9.05 Å². The quantitative estimate of drug-likeness (QED) is 0.0725. The second-order valence-corrected chi connectivity index (χ2v) is 13.0. The molecule has 0 aromatic heterocycles. The molecule has 0 N–H and O–H groups in total. The van der Waals surface area contributed by atoms with Crippen molar-refractivity contribution in [3.05, 3.63) is 0 Å². The predicted molar refractivity (Wildman–Crippen MR) is 168 cm³/mol. The van der Waals surface area contributed by atoms with Crippen LogP contribution in [-0.4, -0.2) is 12.7 Å². The van der Waals surface area contributed by atoms with E-state index in [1.807, 2.05) is 0 Å². The molecule has 1 saturated carbocycles. The molecule has 0 amide bonds. The van der Waals surface area contributed by atoms with Gasteiger partial charge in [0.2, 0.25) is 0 Å². The molecule has 2 nitrogen and oxygen atoms in total. The summed E-state index contributed by atoms with van der Waals surface area (Å²) in [4.78, 5) is 0. The largest absolute Gasteiger partial charge is 0.336 e. The minimum Gasteiger partial charge on any atom is -0.336 e. The molecular formula is C34H69O2P. The van der Waals surface area contributed by atoms with Gasteiger partial charge in [-0.1, -0.05) is 162 Å². The van der Waals surface area contributed by atoms with E-state index in [1.54, 1.807) is 0 Å². The topological polar surface area (TPSA) is 18.5 Å². The van der Waals surface area contributed by atoms with Crippen molar-refractivity contribution in [2.45, 2.75) is 200 Å². The zero-order valence-corrected chi connectivity index (χ0v) is 26.8. The summed E-state index contributed by atoms with van der Waals surface area (Å²) in [5.41, 5.74) is 0. The lowest BCUT2D eigenvalue weighted by molar-refractivity contribution is 0.0609. The van der Waals surface area contributed by atoms with E-state index in [1.165, 1.54) is 173 Å². The zero-order chi connectivity index (χ0) is 26.7. The summed E-state index contributed by atoms with van der Waals surface area (Å²) < 4.78 is 12.4. The van der Waals surface area contributed by atoms with Crippen LogP contribution in [0.2, 0.25) is 0 Å². The van der Waals surface area contributed by atoms with Crippen LogP contribution in [0.15, 0.2) is 0 Å². The Morgan fingerprint density at radius 2 is 0.973 bits per heavy atom. The minimum absolute atomic E-state index is 0.259. The molecule has 0 bridgehead atoms. The van der Waals surface area contributed by atoms with Crippen LogP contribution in [0.25, 0.3) is 0 Å². The highest BCUT2D eigenvalue weighted by molar-refractivity contribution is 7.26. The van der Waals surface area contributed by atoms with Gasteiger partial charge in [-0.05, 0) is 43.9 Å². The van der Waals surface area contributed by atoms with E-state index in [2.05, 4.69) is 20.8 Å². The van der Waals surface area contributed by atoms with Crippen molar-refractivity contribution < 1.29 is 9.05 Å². The summed E-state index contributed by atoms with van der Waals surface area (Å²) in [5.74, 6) is 1.73. The van der Waals surface area contributed by atoms with E-state index in [-0.39, 0.29) is 9.03 Å². The Morgan fingerprint density at radius 3 is 1.51 bits per heavy atom. The van der Waals surface area contributed by atoms with Gasteiger partial charge in [0.15, 0.2) is 9.03 Å². The fraction of sp³-hybridized carbons (Fsp3) is 1.00. The third kappa shape index (κ3) is 21.8. The second kappa shape index (κ2) is 27.9. The molecular weight excluding hydrogens is 471 g/mol. The molecule has 0 radical (unpaired) electrons. The molecule has 4 atom stereocenters. The average molecular weight is 541 g/mol. The first-order valence-electron chi connectivity index (χ1n) is 17.3. The Bertz CT molecular complexity index is 444. The maximum atomic E-state index is 6.41. The standard InChI is InChI=1S/C34H69O2P/c1-4-7-10-13-16-19-22-25-30-35-37-36-34-29-28-32(26-23-20-17-14-11-8-5-2)31-33(34)27-24-21-18-15-12-9-6-3/h32-34,37H,4-31H2,1-3H3. The summed E-state index contributed by atoms with van der Waals surface area (Å²) >= 11 is 0. The predicted octanol–water partition coefficient (Wildman–Crippen LogP) is 12.7. The van der Waals surface area contributed by atoms with Crippen LogP contribution in [0.1, 0.15) is 194 Å². The van der Waals surface area contributed by atoms with Gasteiger partial charge in [-0.2, -0.15) is 0 Å². The molecule has 0 saturated heterocycles. The molecule has 1 fully saturated rings. The average Bonchev–Trinajstić information content (AvgIpc) is 2.91. The second-order valence-electron chi connectivity index (χ2n) is 12.3. The lowest BCUT2D eigenvalue weighted by Crippen LogP contribution is -2.30. The summed E-state index contributed by atoms with van der Waals surface area (Å²) in [5, 5.41) is 0. The molecule has 1 aliphatic carbocycles. The summed E-state index contributed by atoms with van der Waals surface area (Å²) in [6.07, 6.45) is 38.2. The Morgan fingerprint density at radius 1 is 0.514 bits per heavy atom. The number of rotatable bonds is 28. The molecule has 3 heteroatoms. The van der Waals surface area contributed by atoms with E-state index in [0.717, 1.165) is 18.4 Å². The maximum absolute atomic E-state index is 6.41. The lowest BCUT2D eigenvalue weighted by atomic mass is 9.75. The van der Waals surface area contributed by atoms with Crippen molar-refractivity contribution in [1.82, 2.24) is 0 Å². The van der Waals surface area contributed by atoms with Crippen LogP contribution in [-0.2, 0) is 9.05 Å². The lowest BCUT2D eigenvalue weighted by Gasteiger charge is -2.36. The Kier molecular flexibility index (Phi) is 26.7. The smallest absolute Gasteiger partial charge is 0.155 e. The van der Waals surface area contributed by atoms with E-state index < -0.39 is 0 Å². The van der Waals surface area contributed by atoms with Crippen LogP contribution in [0, 0.1) is 11.8 Å². The highest BCUT2D eigenvalue weighted by atomic mass is 31.1. The van der Waals surface area contributed by atoms with Gasteiger partial charge in [-0.3, -0.25) is 0 Å². The van der Waals surface area contributed by atoms with Crippen molar-refractivity contribution >= 4 is 9.03 Å². The van der Waals surface area contributed by atoms with Crippen molar-refractivity contribution in [2.75, 3.05) is 6.61 Å². The highest BCUT2D eigenvalue weighted by Crippen LogP contribution is 2.39. The summed E-state index contributed by atoms with van der Waals surface area (Å²) in [7, 11) is 0.259. The normalized spacial score (nSPS) is 20.4. The Labute approximate surface area is 236 Å². The van der Waals surface area contributed by atoms with Gasteiger partial charge in [0.1, 0.15) is 0 Å². The maximum Gasteiger partial charge on any atom is 0.155 e. The van der Waals surface area contributed by atoms with E-state index in [4.69, 9.17) is 9.05 Å². The van der Waals surface area contributed by atoms with Crippen LogP contribution < -0.4 is 0 Å². The van der Waals surface area contributed by atoms with Crippen LogP contribution in [0.3, 0.4) is 0 Å². The Balaban J connectivity index is 2.22. The molecule has 1 aliphatic rings. The van der Waals surface area contributed by atoms with Crippen LogP contribution in [0.4, 0.5) is 0 Å². The van der Waals surface area contributed by atoms with E-state index in [0.29, 0.717) is 6.10 Å². The van der Waals surface area contributed by atoms with Gasteiger partial charge in [-0.25, -0.2) is 0 Å². The van der Waals surface area contributed by atoms with Gasteiger partial charge in [0, 0.05) is 0 Å². The first-order chi connectivity index (χ1) is 18.3. The molecule has 0 aromatic rings. The number of unbranched alkanes of at least 4 members (excludes halogenated alkanes) is 19. The van der Waals surface area contributed by atoms with Gasteiger partial charge in [-0.15, -0.1) is 0 Å². The molecule has 0 aromatic carbocycles. The van der Waals surface area contributed by atoms with Gasteiger partial charge in [0.05, 0.1) is 12.7 Å².